The van der Waals surface area contributed by atoms with Gasteiger partial charge < -0.3 is 14.7 Å². The number of carbonyl (C=O) groups is 1. The highest BCUT2D eigenvalue weighted by Gasteiger charge is 2.31. The van der Waals surface area contributed by atoms with Crippen LogP contribution in [0.2, 0.25) is 0 Å². The zero-order valence-corrected chi connectivity index (χ0v) is 15.8. The molecule has 1 aromatic carbocycles. The molecule has 3 rings (SSSR count). The fourth-order valence-electron chi connectivity index (χ4n) is 3.16. The molecule has 152 valence electrons. The van der Waals surface area contributed by atoms with E-state index in [1.54, 1.807) is 17.9 Å². The Bertz CT molecular complexity index is 814. The van der Waals surface area contributed by atoms with Crippen LogP contribution in [0, 0.1) is 6.92 Å². The van der Waals surface area contributed by atoms with E-state index < -0.39 is 17.8 Å². The highest BCUT2D eigenvalue weighted by molar-refractivity contribution is 5.74. The highest BCUT2D eigenvalue weighted by atomic mass is 19.4. The molecule has 0 radical (unpaired) electrons. The molecule has 2 heterocycles. The lowest BCUT2D eigenvalue weighted by Gasteiger charge is -2.34. The Morgan fingerprint density at radius 3 is 2.57 bits per heavy atom. The van der Waals surface area contributed by atoms with Crippen LogP contribution in [0.25, 0.3) is 0 Å². The van der Waals surface area contributed by atoms with Gasteiger partial charge in [-0.1, -0.05) is 17.3 Å². The predicted molar refractivity (Wildman–Crippen MR) is 96.5 cm³/mol. The molecule has 0 saturated carbocycles. The Morgan fingerprint density at radius 1 is 1.25 bits per heavy atom. The van der Waals surface area contributed by atoms with Gasteiger partial charge in [-0.2, -0.15) is 13.2 Å². The summed E-state index contributed by atoms with van der Waals surface area (Å²) in [4.78, 5) is 16.3. The number of hydrogen-bond donors (Lipinski definition) is 1. The summed E-state index contributed by atoms with van der Waals surface area (Å²) in [6.45, 7) is 6.62. The van der Waals surface area contributed by atoms with E-state index >= 15 is 0 Å². The van der Waals surface area contributed by atoms with Crippen LogP contribution in [0.5, 0.6) is 0 Å². The van der Waals surface area contributed by atoms with Crippen molar-refractivity contribution in [3.63, 3.8) is 0 Å². The summed E-state index contributed by atoms with van der Waals surface area (Å²) >= 11 is 0. The van der Waals surface area contributed by atoms with Gasteiger partial charge in [-0.3, -0.25) is 4.90 Å². The van der Waals surface area contributed by atoms with Crippen molar-refractivity contribution in [2.75, 3.05) is 26.2 Å². The maximum atomic E-state index is 12.9. The first-order chi connectivity index (χ1) is 13.2. The number of halogens is 3. The molecule has 2 aromatic rings. The maximum absolute atomic E-state index is 12.9. The van der Waals surface area contributed by atoms with E-state index in [1.807, 2.05) is 13.0 Å². The quantitative estimate of drug-likeness (QED) is 0.858. The molecule has 0 aliphatic carbocycles. The lowest BCUT2D eigenvalue weighted by molar-refractivity contribution is -0.137. The average molecular weight is 396 g/mol. The number of rotatable bonds is 4. The van der Waals surface area contributed by atoms with Crippen molar-refractivity contribution in [3.05, 3.63) is 52.9 Å². The molecule has 1 saturated heterocycles. The van der Waals surface area contributed by atoms with Crippen molar-refractivity contribution in [1.82, 2.24) is 20.3 Å². The third-order valence-electron chi connectivity index (χ3n) is 4.77. The summed E-state index contributed by atoms with van der Waals surface area (Å²) in [7, 11) is 0. The fourth-order valence-corrected chi connectivity index (χ4v) is 3.16. The van der Waals surface area contributed by atoms with Crippen molar-refractivity contribution in [3.8, 4) is 0 Å². The predicted octanol–water partition coefficient (Wildman–Crippen LogP) is 3.59. The lowest BCUT2D eigenvalue weighted by Crippen LogP contribution is -2.51. The summed E-state index contributed by atoms with van der Waals surface area (Å²) in [6, 6.07) is 6.11. The zero-order chi connectivity index (χ0) is 20.3. The minimum atomic E-state index is -4.40. The average Bonchev–Trinajstić information content (AvgIpc) is 3.06. The van der Waals surface area contributed by atoms with E-state index in [0.29, 0.717) is 38.3 Å². The molecule has 1 aliphatic heterocycles. The van der Waals surface area contributed by atoms with Gasteiger partial charge in [0, 0.05) is 32.2 Å². The number of nitrogens with zero attached hydrogens (tertiary/aromatic N) is 3. The first-order valence-corrected chi connectivity index (χ1v) is 9.09. The lowest BCUT2D eigenvalue weighted by atomic mass is 10.1. The minimum absolute atomic E-state index is 0.278. The summed E-state index contributed by atoms with van der Waals surface area (Å²) in [6.07, 6.45) is -4.40. The molecular formula is C19H23F3N4O2. The second-order valence-corrected chi connectivity index (χ2v) is 6.99. The van der Waals surface area contributed by atoms with Crippen LogP contribution in [-0.2, 0) is 12.7 Å². The van der Waals surface area contributed by atoms with Crippen molar-refractivity contribution < 1.29 is 22.5 Å². The summed E-state index contributed by atoms with van der Waals surface area (Å²) in [5.74, 6) is 0.786. The van der Waals surface area contributed by atoms with Crippen LogP contribution in [0.3, 0.4) is 0 Å². The maximum Gasteiger partial charge on any atom is 0.416 e. The number of alkyl halides is 3. The Hall–Kier alpha value is -2.55. The van der Waals surface area contributed by atoms with Crippen LogP contribution in [-0.4, -0.2) is 47.2 Å². The van der Waals surface area contributed by atoms with Crippen LogP contribution in [0.4, 0.5) is 18.0 Å². The molecular weight excluding hydrogens is 373 g/mol. The number of carbonyl (C=O) groups excluding carboxylic acids is 1. The van der Waals surface area contributed by atoms with Gasteiger partial charge in [0.05, 0.1) is 23.8 Å². The second-order valence-electron chi connectivity index (χ2n) is 6.99. The van der Waals surface area contributed by atoms with E-state index in [9.17, 15) is 18.0 Å². The Balaban J connectivity index is 1.51. The third kappa shape index (κ3) is 5.03. The monoisotopic (exact) mass is 396 g/mol. The van der Waals surface area contributed by atoms with Crippen molar-refractivity contribution in [2.24, 2.45) is 0 Å². The number of urea groups is 1. The molecule has 1 atom stereocenters. The number of aryl methyl sites for hydroxylation is 1. The van der Waals surface area contributed by atoms with Crippen LogP contribution in [0.1, 0.15) is 35.5 Å². The Morgan fingerprint density at radius 2 is 1.96 bits per heavy atom. The standard InChI is InChI=1S/C19H23F3N4O2/c1-13-10-17(28-24-13)12-25-6-8-26(9-7-25)18(27)23-14(2)15-4-3-5-16(11-15)19(20,21)22/h3-5,10-11,14H,6-9,12H2,1-2H3,(H,23,27). The van der Waals surface area contributed by atoms with Crippen molar-refractivity contribution in [1.29, 1.82) is 0 Å². The molecule has 28 heavy (non-hydrogen) atoms. The molecule has 1 unspecified atom stereocenters. The van der Waals surface area contributed by atoms with Gasteiger partial charge >= 0.3 is 12.2 Å². The summed E-state index contributed by atoms with van der Waals surface area (Å²) in [5.41, 5.74) is 0.529. The molecule has 1 N–H and O–H groups in total. The van der Waals surface area contributed by atoms with Crippen LogP contribution < -0.4 is 5.32 Å². The molecule has 1 fully saturated rings. The number of aromatic nitrogens is 1. The van der Waals surface area contributed by atoms with Gasteiger partial charge in [0.1, 0.15) is 0 Å². The first kappa shape index (κ1) is 20.2. The number of piperazine rings is 1. The van der Waals surface area contributed by atoms with Crippen molar-refractivity contribution >= 4 is 6.03 Å². The fraction of sp³-hybridized carbons (Fsp3) is 0.474. The SMILES string of the molecule is Cc1cc(CN2CCN(C(=O)NC(C)c3cccc(C(F)(F)F)c3)CC2)on1. The Labute approximate surface area is 161 Å². The van der Waals surface area contributed by atoms with E-state index in [2.05, 4.69) is 15.4 Å². The van der Waals surface area contributed by atoms with Gasteiger partial charge in [0.2, 0.25) is 0 Å². The number of nitrogens with one attached hydrogen (secondary N) is 1. The number of hydrogen-bond acceptors (Lipinski definition) is 4. The second kappa shape index (κ2) is 8.22. The molecule has 6 nitrogen and oxygen atoms in total. The summed E-state index contributed by atoms with van der Waals surface area (Å²) < 4.78 is 43.8. The van der Waals surface area contributed by atoms with E-state index in [4.69, 9.17) is 4.52 Å². The highest BCUT2D eigenvalue weighted by Crippen LogP contribution is 2.30. The molecule has 2 amide bonds. The van der Waals surface area contributed by atoms with Crippen LogP contribution in [0.15, 0.2) is 34.9 Å². The smallest absolute Gasteiger partial charge is 0.360 e. The minimum Gasteiger partial charge on any atom is -0.360 e. The van der Waals surface area contributed by atoms with Crippen molar-refractivity contribution in [2.45, 2.75) is 32.6 Å². The number of amides is 2. The molecule has 0 spiro atoms. The van der Waals surface area contributed by atoms with E-state index in [0.717, 1.165) is 23.6 Å². The van der Waals surface area contributed by atoms with E-state index in [1.165, 1.54) is 6.07 Å². The van der Waals surface area contributed by atoms with Gasteiger partial charge in [0.15, 0.2) is 5.76 Å². The van der Waals surface area contributed by atoms with Gasteiger partial charge in [-0.25, -0.2) is 4.79 Å². The molecule has 0 bridgehead atoms. The van der Waals surface area contributed by atoms with Gasteiger partial charge in [-0.05, 0) is 31.5 Å². The molecule has 1 aliphatic rings. The third-order valence-corrected chi connectivity index (χ3v) is 4.77. The largest absolute Gasteiger partial charge is 0.416 e. The van der Waals surface area contributed by atoms with E-state index in [-0.39, 0.29) is 6.03 Å². The topological polar surface area (TPSA) is 61.6 Å². The zero-order valence-electron chi connectivity index (χ0n) is 15.8. The Kier molecular flexibility index (Phi) is 5.93. The van der Waals surface area contributed by atoms with Gasteiger partial charge in [-0.15, -0.1) is 0 Å². The first-order valence-electron chi connectivity index (χ1n) is 9.09. The molecule has 9 heteroatoms. The summed E-state index contributed by atoms with van der Waals surface area (Å²) in [5, 5.41) is 6.65. The number of benzene rings is 1. The molecule has 1 aromatic heterocycles. The van der Waals surface area contributed by atoms with Crippen LogP contribution >= 0.6 is 0 Å². The normalized spacial score (nSPS) is 16.8. The van der Waals surface area contributed by atoms with Gasteiger partial charge in [0.25, 0.3) is 0 Å².